The summed E-state index contributed by atoms with van der Waals surface area (Å²) in [7, 11) is 1.87. The van der Waals surface area contributed by atoms with Gasteiger partial charge < -0.3 is 25.8 Å². The van der Waals surface area contributed by atoms with Crippen molar-refractivity contribution in [2.24, 2.45) is 15.9 Å². The maximum Gasteiger partial charge on any atom is 0.241 e. The van der Waals surface area contributed by atoms with Gasteiger partial charge in [-0.3, -0.25) is 14.6 Å². The minimum atomic E-state index is -0.741. The molecule has 2 amide bonds. The lowest BCUT2D eigenvalue weighted by Gasteiger charge is -2.29. The van der Waals surface area contributed by atoms with E-state index in [9.17, 15) is 14.7 Å². The van der Waals surface area contributed by atoms with Crippen molar-refractivity contribution >= 4 is 17.5 Å². The third-order valence-corrected chi connectivity index (χ3v) is 4.57. The Morgan fingerprint density at radius 2 is 1.76 bits per heavy atom. The highest BCUT2D eigenvalue weighted by atomic mass is 16.5. The van der Waals surface area contributed by atoms with E-state index in [1.807, 2.05) is 34.7 Å². The fraction of sp³-hybridized carbons (Fsp3) is 0.850. The van der Waals surface area contributed by atoms with Crippen LogP contribution < -0.4 is 16.0 Å². The first-order valence-electron chi connectivity index (χ1n) is 10.2. The highest BCUT2D eigenvalue weighted by molar-refractivity contribution is 5.87. The predicted octanol–water partition coefficient (Wildman–Crippen LogP) is 0.297. The molecular weight excluding hydrogens is 374 g/mol. The summed E-state index contributed by atoms with van der Waals surface area (Å²) >= 11 is 0. The predicted molar refractivity (Wildman–Crippen MR) is 113 cm³/mol. The fourth-order valence-electron chi connectivity index (χ4n) is 2.78. The van der Waals surface area contributed by atoms with E-state index in [2.05, 4.69) is 21.1 Å². The van der Waals surface area contributed by atoms with E-state index in [1.165, 1.54) is 11.9 Å². The SMILES string of the molecule is CNCCC1=NN(CC(=O)NCC(C)(C)COCC(C)(C)CNC(C)=O)C(O)C1. The first kappa shape index (κ1) is 25.3. The van der Waals surface area contributed by atoms with Crippen molar-refractivity contribution in [2.45, 2.75) is 53.7 Å². The molecule has 0 radical (unpaired) electrons. The van der Waals surface area contributed by atoms with Crippen molar-refractivity contribution < 1.29 is 19.4 Å². The van der Waals surface area contributed by atoms with E-state index >= 15 is 0 Å². The molecule has 0 fully saturated rings. The maximum absolute atomic E-state index is 12.3. The number of rotatable bonds is 13. The molecule has 9 heteroatoms. The maximum atomic E-state index is 12.3. The summed E-state index contributed by atoms with van der Waals surface area (Å²) in [5.41, 5.74) is 0.486. The number of ether oxygens (including phenoxy) is 1. The van der Waals surface area contributed by atoms with Crippen LogP contribution in [0.5, 0.6) is 0 Å². The van der Waals surface area contributed by atoms with Crippen LogP contribution in [0.1, 0.15) is 47.5 Å². The van der Waals surface area contributed by atoms with Gasteiger partial charge in [-0.2, -0.15) is 5.10 Å². The molecule has 1 aliphatic rings. The average Bonchev–Trinajstić information content (AvgIpc) is 2.96. The summed E-state index contributed by atoms with van der Waals surface area (Å²) in [6.07, 6.45) is 0.492. The zero-order chi connectivity index (χ0) is 22.1. The van der Waals surface area contributed by atoms with Gasteiger partial charge >= 0.3 is 0 Å². The number of nitrogens with zero attached hydrogens (tertiary/aromatic N) is 2. The van der Waals surface area contributed by atoms with Crippen LogP contribution in [0.3, 0.4) is 0 Å². The Kier molecular flexibility index (Phi) is 10.0. The smallest absolute Gasteiger partial charge is 0.241 e. The van der Waals surface area contributed by atoms with Gasteiger partial charge in [-0.15, -0.1) is 0 Å². The van der Waals surface area contributed by atoms with Crippen LogP contribution in [0, 0.1) is 10.8 Å². The zero-order valence-electron chi connectivity index (χ0n) is 18.8. The highest BCUT2D eigenvalue weighted by Gasteiger charge is 2.27. The Bertz CT molecular complexity index is 577. The molecule has 0 aromatic heterocycles. The number of hydrogen-bond donors (Lipinski definition) is 4. The first-order valence-corrected chi connectivity index (χ1v) is 10.2. The molecule has 1 unspecified atom stereocenters. The summed E-state index contributed by atoms with van der Waals surface area (Å²) in [4.78, 5) is 23.3. The quantitative estimate of drug-likeness (QED) is 0.345. The van der Waals surface area contributed by atoms with Crippen LogP contribution >= 0.6 is 0 Å². The van der Waals surface area contributed by atoms with Crippen LogP contribution in [-0.4, -0.2) is 80.3 Å². The average molecular weight is 414 g/mol. The van der Waals surface area contributed by atoms with Gasteiger partial charge in [0, 0.05) is 55.9 Å². The molecule has 29 heavy (non-hydrogen) atoms. The van der Waals surface area contributed by atoms with E-state index < -0.39 is 6.23 Å². The largest absolute Gasteiger partial charge is 0.380 e. The molecule has 0 aromatic carbocycles. The van der Waals surface area contributed by atoms with E-state index in [1.54, 1.807) is 0 Å². The molecule has 4 N–H and O–H groups in total. The van der Waals surface area contributed by atoms with Gasteiger partial charge in [0.1, 0.15) is 12.8 Å². The lowest BCUT2D eigenvalue weighted by atomic mass is 9.93. The van der Waals surface area contributed by atoms with Gasteiger partial charge in [0.05, 0.1) is 13.2 Å². The Hall–Kier alpha value is -1.71. The van der Waals surface area contributed by atoms with E-state index in [4.69, 9.17) is 4.74 Å². The molecule has 1 rings (SSSR count). The Morgan fingerprint density at radius 1 is 1.17 bits per heavy atom. The molecule has 0 aromatic rings. The van der Waals surface area contributed by atoms with Crippen LogP contribution in [0.15, 0.2) is 5.10 Å². The van der Waals surface area contributed by atoms with Crippen LogP contribution in [-0.2, 0) is 14.3 Å². The lowest BCUT2D eigenvalue weighted by Crippen LogP contribution is -2.43. The highest BCUT2D eigenvalue weighted by Crippen LogP contribution is 2.19. The van der Waals surface area contributed by atoms with Gasteiger partial charge in [0.15, 0.2) is 0 Å². The van der Waals surface area contributed by atoms with Crippen molar-refractivity contribution in [1.82, 2.24) is 21.0 Å². The molecule has 1 atom stereocenters. The molecule has 0 saturated heterocycles. The first-order chi connectivity index (χ1) is 13.4. The Balaban J connectivity index is 2.34. The molecule has 9 nitrogen and oxygen atoms in total. The molecule has 168 valence electrons. The second-order valence-electron chi connectivity index (χ2n) is 9.31. The Morgan fingerprint density at radius 3 is 2.31 bits per heavy atom. The van der Waals surface area contributed by atoms with Gasteiger partial charge in [-0.25, -0.2) is 0 Å². The molecule has 0 spiro atoms. The summed E-state index contributed by atoms with van der Waals surface area (Å²) in [6, 6.07) is 0. The second kappa shape index (κ2) is 11.5. The molecular formula is C20H39N5O4. The van der Waals surface area contributed by atoms with Crippen molar-refractivity contribution in [2.75, 3.05) is 46.4 Å². The van der Waals surface area contributed by atoms with E-state index in [-0.39, 0.29) is 29.2 Å². The van der Waals surface area contributed by atoms with E-state index in [0.717, 1.165) is 18.7 Å². The number of aliphatic hydroxyl groups excluding tert-OH is 1. The molecule has 1 heterocycles. The van der Waals surface area contributed by atoms with Crippen molar-refractivity contribution in [3.8, 4) is 0 Å². The number of carbonyl (C=O) groups excluding carboxylic acids is 2. The van der Waals surface area contributed by atoms with Gasteiger partial charge in [0.2, 0.25) is 11.8 Å². The van der Waals surface area contributed by atoms with Gasteiger partial charge in [-0.1, -0.05) is 27.7 Å². The normalized spacial score (nSPS) is 17.3. The number of nitrogens with one attached hydrogen (secondary N) is 3. The third kappa shape index (κ3) is 10.6. The number of carbonyl (C=O) groups is 2. The number of aliphatic hydroxyl groups is 1. The van der Waals surface area contributed by atoms with E-state index in [0.29, 0.717) is 32.7 Å². The molecule has 0 saturated carbocycles. The lowest BCUT2D eigenvalue weighted by molar-refractivity contribution is -0.125. The second-order valence-corrected chi connectivity index (χ2v) is 9.31. The van der Waals surface area contributed by atoms with Gasteiger partial charge in [0.25, 0.3) is 0 Å². The number of hydrazone groups is 1. The monoisotopic (exact) mass is 413 g/mol. The standard InChI is InChI=1S/C20H39N5O4/c1-15(26)22-11-19(2,3)13-29-14-20(4,5)12-23-17(27)10-25-18(28)9-16(24-25)7-8-21-6/h18,21,28H,7-14H2,1-6H3,(H,22,26)(H,23,27). The Labute approximate surface area is 174 Å². The van der Waals surface area contributed by atoms with Crippen molar-refractivity contribution in [3.63, 3.8) is 0 Å². The number of amides is 2. The summed E-state index contributed by atoms with van der Waals surface area (Å²) in [6.45, 7) is 12.4. The third-order valence-electron chi connectivity index (χ3n) is 4.57. The zero-order valence-corrected chi connectivity index (χ0v) is 18.8. The summed E-state index contributed by atoms with van der Waals surface area (Å²) in [5.74, 6) is -0.232. The number of hydrogen-bond acceptors (Lipinski definition) is 7. The topological polar surface area (TPSA) is 115 Å². The van der Waals surface area contributed by atoms with Crippen LogP contribution in [0.2, 0.25) is 0 Å². The minimum Gasteiger partial charge on any atom is -0.380 e. The van der Waals surface area contributed by atoms with Crippen LogP contribution in [0.25, 0.3) is 0 Å². The van der Waals surface area contributed by atoms with Crippen molar-refractivity contribution in [1.29, 1.82) is 0 Å². The minimum absolute atomic E-state index is 0.0326. The van der Waals surface area contributed by atoms with Gasteiger partial charge in [-0.05, 0) is 7.05 Å². The summed E-state index contributed by atoms with van der Waals surface area (Å²) in [5, 5.41) is 24.6. The van der Waals surface area contributed by atoms with Crippen LogP contribution in [0.4, 0.5) is 0 Å². The fourth-order valence-corrected chi connectivity index (χ4v) is 2.78. The van der Waals surface area contributed by atoms with Crippen molar-refractivity contribution in [3.05, 3.63) is 0 Å². The molecule has 1 aliphatic heterocycles. The molecule has 0 aliphatic carbocycles. The summed E-state index contributed by atoms with van der Waals surface area (Å²) < 4.78 is 5.85. The molecule has 0 bridgehead atoms.